The minimum absolute atomic E-state index is 0. The van der Waals surface area contributed by atoms with Gasteiger partial charge in [-0.2, -0.15) is 0 Å². The van der Waals surface area contributed by atoms with Gasteiger partial charge in [-0.1, -0.05) is 29.7 Å². The average Bonchev–Trinajstić information content (AvgIpc) is 2.39. The monoisotopic (exact) mass is 297 g/mol. The van der Waals surface area contributed by atoms with Gasteiger partial charge in [-0.05, 0) is 20.6 Å². The lowest BCUT2D eigenvalue weighted by molar-refractivity contribution is -0.958. The van der Waals surface area contributed by atoms with Crippen LogP contribution in [0, 0.1) is 0 Å². The average molecular weight is 298 g/mol. The molecule has 0 unspecified atom stereocenters. The van der Waals surface area contributed by atoms with Crippen LogP contribution in [0.25, 0.3) is 0 Å². The van der Waals surface area contributed by atoms with E-state index in [1.54, 1.807) is 7.05 Å². The summed E-state index contributed by atoms with van der Waals surface area (Å²) in [5, 5.41) is 17.6. The van der Waals surface area contributed by atoms with Crippen molar-refractivity contribution < 1.29 is 14.7 Å². The first kappa shape index (κ1) is 50.8. The van der Waals surface area contributed by atoms with Crippen molar-refractivity contribution in [1.82, 2.24) is 0 Å². The van der Waals surface area contributed by atoms with Gasteiger partial charge in [0.2, 0.25) is 0 Å². The Balaban J connectivity index is -0.0000000191. The molecule has 0 saturated carbocycles. The van der Waals surface area contributed by atoms with Gasteiger partial charge in [0.05, 0.1) is 13.1 Å². The van der Waals surface area contributed by atoms with Crippen molar-refractivity contribution in [1.29, 1.82) is 0 Å². The molecule has 0 bridgehead atoms. The van der Waals surface area contributed by atoms with E-state index in [2.05, 4.69) is 38.0 Å². The molecule has 0 aromatic rings. The molecule has 4 heteroatoms. The summed E-state index contributed by atoms with van der Waals surface area (Å²) in [5.41, 5.74) is 0. The number of aliphatic imine (C=N–C) groups is 1. The van der Waals surface area contributed by atoms with Crippen LogP contribution in [0.5, 0.6) is 0 Å². The zero-order chi connectivity index (χ0) is 14.0. The zero-order valence-corrected chi connectivity index (χ0v) is 11.2. The summed E-state index contributed by atoms with van der Waals surface area (Å²) in [4.78, 5) is 3.25. The highest BCUT2D eigenvalue weighted by Crippen LogP contribution is 2.00. The van der Waals surface area contributed by atoms with Gasteiger partial charge in [-0.25, -0.2) is 0 Å². The Bertz CT molecular complexity index is 108. The molecule has 4 nitrogen and oxygen atoms in total. The molecule has 130 valence electrons. The maximum absolute atomic E-state index is 8.79. The summed E-state index contributed by atoms with van der Waals surface area (Å²) < 4.78 is 0.389. The zero-order valence-electron chi connectivity index (χ0n) is 11.2. The van der Waals surface area contributed by atoms with Crippen molar-refractivity contribution in [3.8, 4) is 0 Å². The second-order valence-electron chi connectivity index (χ2n) is 2.57. The molecule has 0 heterocycles. The number of quaternary nitrogens is 1. The van der Waals surface area contributed by atoms with Crippen molar-refractivity contribution in [2.24, 2.45) is 4.99 Å². The number of aliphatic hydroxyl groups excluding tert-OH is 2. The molecule has 0 aromatic carbocycles. The summed E-state index contributed by atoms with van der Waals surface area (Å²) >= 11 is 0. The fourth-order valence-corrected chi connectivity index (χ4v) is 0.668. The van der Waals surface area contributed by atoms with Crippen LogP contribution in [0.4, 0.5) is 0 Å². The van der Waals surface area contributed by atoms with Crippen LogP contribution in [0.2, 0.25) is 0 Å². The molecule has 0 radical (unpaired) electrons. The third-order valence-electron chi connectivity index (χ3n) is 1.94. The summed E-state index contributed by atoms with van der Waals surface area (Å²) in [6.45, 7) is 20.6. The second kappa shape index (κ2) is 52.0. The molecule has 20 heavy (non-hydrogen) atoms. The maximum Gasteiger partial charge on any atom is 0.182 e. The Morgan fingerprint density at radius 1 is 0.800 bits per heavy atom. The molecular weight excluding hydrogens is 252 g/mol. The van der Waals surface area contributed by atoms with Gasteiger partial charge < -0.3 is 15.2 Å². The number of hydrogen-bond acceptors (Lipinski definition) is 3. The van der Waals surface area contributed by atoms with E-state index in [1.165, 1.54) is 0 Å². The molecule has 0 rings (SSSR count). The van der Waals surface area contributed by atoms with E-state index in [4.69, 9.17) is 10.2 Å². The lowest BCUT2D eigenvalue weighted by Crippen LogP contribution is -2.48. The first-order chi connectivity index (χ1) is 7.66. The minimum Gasteiger partial charge on any atom is -0.347 e. The van der Waals surface area contributed by atoms with E-state index in [0.717, 1.165) is 13.1 Å². The normalized spacial score (nSPS) is 6.45. The Morgan fingerprint density at radius 3 is 0.950 bits per heavy atom. The van der Waals surface area contributed by atoms with Crippen LogP contribution in [0.1, 0.15) is 43.6 Å². The third-order valence-corrected chi connectivity index (χ3v) is 1.94. The molecular formula is C16H45N2O2+. The van der Waals surface area contributed by atoms with Crippen LogP contribution in [0.3, 0.4) is 0 Å². The Morgan fingerprint density at radius 2 is 0.950 bits per heavy atom. The van der Waals surface area contributed by atoms with E-state index < -0.39 is 0 Å². The van der Waals surface area contributed by atoms with E-state index in [9.17, 15) is 0 Å². The van der Waals surface area contributed by atoms with Crippen molar-refractivity contribution in [2.45, 2.75) is 43.6 Å². The Labute approximate surface area is 130 Å². The van der Waals surface area contributed by atoms with Crippen molar-refractivity contribution >= 4 is 6.72 Å². The van der Waals surface area contributed by atoms with Crippen molar-refractivity contribution in [2.75, 3.05) is 33.6 Å². The molecule has 0 aliphatic carbocycles. The van der Waals surface area contributed by atoms with E-state index in [-0.39, 0.29) is 43.2 Å². The SMILES string of the molecule is C.C.C.C.C=C.C=C.C=NC.CC[N+](CC)(CO)CO. The lowest BCUT2D eigenvalue weighted by Gasteiger charge is -2.31. The molecule has 0 amide bonds. The van der Waals surface area contributed by atoms with Gasteiger partial charge >= 0.3 is 0 Å². The van der Waals surface area contributed by atoms with Gasteiger partial charge in [0, 0.05) is 7.05 Å². The minimum atomic E-state index is 0. The molecule has 0 aliphatic rings. The van der Waals surface area contributed by atoms with Gasteiger partial charge in [0.25, 0.3) is 0 Å². The number of nitrogens with zero attached hydrogens (tertiary/aromatic N) is 2. The number of rotatable bonds is 4. The summed E-state index contributed by atoms with van der Waals surface area (Å²) in [5.74, 6) is 0. The molecule has 0 saturated heterocycles. The second-order valence-corrected chi connectivity index (χ2v) is 2.57. The molecule has 0 aliphatic heterocycles. The van der Waals surface area contributed by atoms with Crippen LogP contribution >= 0.6 is 0 Å². The maximum atomic E-state index is 8.79. The highest BCUT2D eigenvalue weighted by Gasteiger charge is 2.19. The molecule has 2 N–H and O–H groups in total. The fraction of sp³-hybridized carbons (Fsp3) is 0.688. The van der Waals surface area contributed by atoms with E-state index in [0.29, 0.717) is 4.48 Å². The fourth-order valence-electron chi connectivity index (χ4n) is 0.668. The van der Waals surface area contributed by atoms with Crippen LogP contribution in [-0.2, 0) is 0 Å². The predicted molar refractivity (Wildman–Crippen MR) is 100 cm³/mol. The smallest absolute Gasteiger partial charge is 0.182 e. The molecule has 0 aromatic heterocycles. The van der Waals surface area contributed by atoms with Gasteiger partial charge in [0.15, 0.2) is 13.5 Å². The van der Waals surface area contributed by atoms with Crippen LogP contribution < -0.4 is 0 Å². The Hall–Kier alpha value is -0.970. The van der Waals surface area contributed by atoms with Crippen LogP contribution in [-0.4, -0.2) is 55.0 Å². The highest BCUT2D eigenvalue weighted by atomic mass is 16.3. The summed E-state index contributed by atoms with van der Waals surface area (Å²) in [6.07, 6.45) is 0. The highest BCUT2D eigenvalue weighted by molar-refractivity contribution is 5.22. The van der Waals surface area contributed by atoms with Crippen molar-refractivity contribution in [3.05, 3.63) is 26.3 Å². The van der Waals surface area contributed by atoms with Crippen LogP contribution in [0.15, 0.2) is 31.3 Å². The Kier molecular flexibility index (Phi) is 132. The molecule has 0 fully saturated rings. The standard InChI is InChI=1S/C6H16NO2.C2H5N.2C2H4.4CH4/c1-3-7(4-2,5-8)6-9;1-3-2;2*1-2;;;;/h8-9H,3-6H2,1-2H3;1H2,2H3;2*1-2H2;4*1H4/q+1;;;;;;;. The predicted octanol–water partition coefficient (Wildman–Crippen LogP) is 4.21. The molecule has 0 atom stereocenters. The number of hydrogen-bond donors (Lipinski definition) is 2. The van der Waals surface area contributed by atoms with Crippen molar-refractivity contribution in [3.63, 3.8) is 0 Å². The van der Waals surface area contributed by atoms with Gasteiger partial charge in [-0.3, -0.25) is 4.48 Å². The van der Waals surface area contributed by atoms with Gasteiger partial charge in [0.1, 0.15) is 0 Å². The third kappa shape index (κ3) is 36.0. The number of aliphatic hydroxyl groups is 2. The van der Waals surface area contributed by atoms with Gasteiger partial charge in [-0.15, -0.1) is 26.3 Å². The lowest BCUT2D eigenvalue weighted by atomic mass is 10.4. The quantitative estimate of drug-likeness (QED) is 0.353. The summed E-state index contributed by atoms with van der Waals surface area (Å²) in [7, 11) is 1.64. The van der Waals surface area contributed by atoms with E-state index in [1.807, 2.05) is 13.8 Å². The first-order valence-corrected chi connectivity index (χ1v) is 5.08. The van der Waals surface area contributed by atoms with E-state index >= 15 is 0 Å². The summed E-state index contributed by atoms with van der Waals surface area (Å²) in [6, 6.07) is 0. The first-order valence-electron chi connectivity index (χ1n) is 5.08. The topological polar surface area (TPSA) is 52.8 Å². The largest absolute Gasteiger partial charge is 0.347 e. The molecule has 0 spiro atoms.